The van der Waals surface area contributed by atoms with E-state index in [2.05, 4.69) is 10.3 Å². The molecule has 1 aromatic heterocycles. The summed E-state index contributed by atoms with van der Waals surface area (Å²) >= 11 is 0. The first kappa shape index (κ1) is 13.3. The van der Waals surface area contributed by atoms with Gasteiger partial charge < -0.3 is 9.73 Å². The van der Waals surface area contributed by atoms with Gasteiger partial charge in [-0.15, -0.1) is 0 Å². The molecule has 0 atom stereocenters. The summed E-state index contributed by atoms with van der Waals surface area (Å²) in [6, 6.07) is 7.23. The summed E-state index contributed by atoms with van der Waals surface area (Å²) in [4.78, 5) is 4.52. The van der Waals surface area contributed by atoms with Gasteiger partial charge in [0, 0.05) is 17.9 Å². The van der Waals surface area contributed by atoms with Gasteiger partial charge in [0.15, 0.2) is 15.6 Å². The Morgan fingerprint density at radius 3 is 2.60 bits per heavy atom. The molecule has 0 unspecified atom stereocenters. The Morgan fingerprint density at radius 2 is 2.00 bits per heavy atom. The molecular formula is C14H16N2O3S. The normalized spacial score (nSPS) is 15.4. The molecule has 1 N–H and O–H groups in total. The van der Waals surface area contributed by atoms with Crippen LogP contribution < -0.4 is 5.32 Å². The highest BCUT2D eigenvalue weighted by molar-refractivity contribution is 7.90. The molecule has 1 aliphatic carbocycles. The number of hydrogen-bond acceptors (Lipinski definition) is 5. The molecule has 2 aromatic rings. The third-order valence-electron chi connectivity index (χ3n) is 3.24. The summed E-state index contributed by atoms with van der Waals surface area (Å²) in [6.45, 7) is 0.631. The van der Waals surface area contributed by atoms with Gasteiger partial charge in [-0.1, -0.05) is 0 Å². The first-order chi connectivity index (χ1) is 9.52. The highest BCUT2D eigenvalue weighted by Gasteiger charge is 2.21. The van der Waals surface area contributed by atoms with Crippen molar-refractivity contribution in [1.29, 1.82) is 0 Å². The molecule has 20 heavy (non-hydrogen) atoms. The molecule has 1 saturated carbocycles. The Balaban J connectivity index is 1.75. The van der Waals surface area contributed by atoms with Crippen molar-refractivity contribution in [3.8, 4) is 11.3 Å². The van der Waals surface area contributed by atoms with E-state index in [1.807, 2.05) is 0 Å². The van der Waals surface area contributed by atoms with Crippen LogP contribution >= 0.6 is 0 Å². The third kappa shape index (κ3) is 3.08. The van der Waals surface area contributed by atoms with Crippen LogP contribution in [-0.2, 0) is 16.4 Å². The smallest absolute Gasteiger partial charge is 0.208 e. The molecular weight excluding hydrogens is 276 g/mol. The molecule has 0 amide bonds. The highest BCUT2D eigenvalue weighted by atomic mass is 32.2. The second-order valence-electron chi connectivity index (χ2n) is 5.07. The lowest BCUT2D eigenvalue weighted by Gasteiger charge is -2.00. The molecule has 0 bridgehead atoms. The summed E-state index contributed by atoms with van der Waals surface area (Å²) in [6.07, 6.45) is 5.30. The van der Waals surface area contributed by atoms with E-state index < -0.39 is 9.84 Å². The van der Waals surface area contributed by atoms with E-state index in [9.17, 15) is 8.42 Å². The minimum Gasteiger partial charge on any atom is -0.439 e. The fourth-order valence-corrected chi connectivity index (χ4v) is 2.54. The van der Waals surface area contributed by atoms with Crippen LogP contribution in [0.25, 0.3) is 11.3 Å². The van der Waals surface area contributed by atoms with Crippen LogP contribution in [0, 0.1) is 0 Å². The average Bonchev–Trinajstić information content (AvgIpc) is 3.13. The largest absolute Gasteiger partial charge is 0.439 e. The summed E-state index contributed by atoms with van der Waals surface area (Å²) in [5.74, 6) is 1.30. The number of nitrogens with zero attached hydrogens (tertiary/aromatic N) is 1. The van der Waals surface area contributed by atoms with E-state index in [1.165, 1.54) is 19.1 Å². The fourth-order valence-electron chi connectivity index (χ4n) is 1.91. The first-order valence-electron chi connectivity index (χ1n) is 6.51. The van der Waals surface area contributed by atoms with Gasteiger partial charge in [0.1, 0.15) is 0 Å². The minimum absolute atomic E-state index is 0.302. The van der Waals surface area contributed by atoms with E-state index in [1.54, 1.807) is 30.5 Å². The Kier molecular flexibility index (Phi) is 3.35. The van der Waals surface area contributed by atoms with Gasteiger partial charge in [0.25, 0.3) is 0 Å². The second-order valence-corrected chi connectivity index (χ2v) is 7.09. The van der Waals surface area contributed by atoms with Gasteiger partial charge in [-0.25, -0.2) is 13.4 Å². The van der Waals surface area contributed by atoms with Crippen LogP contribution in [0.4, 0.5) is 0 Å². The maximum absolute atomic E-state index is 11.4. The van der Waals surface area contributed by atoms with Crippen molar-refractivity contribution in [3.05, 3.63) is 36.4 Å². The predicted octanol–water partition coefficient (Wildman–Crippen LogP) is 2.00. The molecule has 3 rings (SSSR count). The molecule has 1 fully saturated rings. The van der Waals surface area contributed by atoms with Crippen LogP contribution in [0.5, 0.6) is 0 Å². The molecule has 1 heterocycles. The maximum atomic E-state index is 11.4. The number of nitrogens with one attached hydrogen (secondary N) is 1. The number of sulfone groups is 1. The number of rotatable bonds is 5. The first-order valence-corrected chi connectivity index (χ1v) is 8.40. The van der Waals surface area contributed by atoms with Crippen LogP contribution in [-0.4, -0.2) is 25.7 Å². The lowest BCUT2D eigenvalue weighted by molar-refractivity contribution is 0.476. The zero-order chi connectivity index (χ0) is 14.2. The standard InChI is InChI=1S/C14H16N2O3S/c1-20(17,18)12-6-2-10(3-7-12)13-8-16-14(19-13)9-15-11-4-5-11/h2-3,6-8,11,15H,4-5,9H2,1H3. The summed E-state index contributed by atoms with van der Waals surface area (Å²) in [5.41, 5.74) is 0.822. The van der Waals surface area contributed by atoms with E-state index in [-0.39, 0.29) is 0 Å². The zero-order valence-corrected chi connectivity index (χ0v) is 12.0. The van der Waals surface area contributed by atoms with Crippen molar-refractivity contribution in [2.45, 2.75) is 30.3 Å². The Hall–Kier alpha value is -1.66. The number of hydrogen-bond donors (Lipinski definition) is 1. The van der Waals surface area contributed by atoms with Gasteiger partial charge >= 0.3 is 0 Å². The van der Waals surface area contributed by atoms with Crippen molar-refractivity contribution >= 4 is 9.84 Å². The lowest BCUT2D eigenvalue weighted by Crippen LogP contribution is -2.15. The monoisotopic (exact) mass is 292 g/mol. The molecule has 1 aliphatic rings. The van der Waals surface area contributed by atoms with Crippen LogP contribution in [0.1, 0.15) is 18.7 Å². The summed E-state index contributed by atoms with van der Waals surface area (Å²) < 4.78 is 28.4. The van der Waals surface area contributed by atoms with E-state index in [0.29, 0.717) is 29.1 Å². The van der Waals surface area contributed by atoms with Crippen LogP contribution in [0.2, 0.25) is 0 Å². The molecule has 5 nitrogen and oxygen atoms in total. The van der Waals surface area contributed by atoms with Crippen molar-refractivity contribution in [3.63, 3.8) is 0 Å². The predicted molar refractivity (Wildman–Crippen MR) is 74.9 cm³/mol. The van der Waals surface area contributed by atoms with Gasteiger partial charge in [-0.2, -0.15) is 0 Å². The number of oxazole rings is 1. The van der Waals surface area contributed by atoms with Gasteiger partial charge in [-0.05, 0) is 37.1 Å². The molecule has 0 radical (unpaired) electrons. The SMILES string of the molecule is CS(=O)(=O)c1ccc(-c2cnc(CNC3CC3)o2)cc1. The van der Waals surface area contributed by atoms with E-state index >= 15 is 0 Å². The van der Waals surface area contributed by atoms with Gasteiger partial charge in [0.2, 0.25) is 5.89 Å². The van der Waals surface area contributed by atoms with Crippen molar-refractivity contribution in [1.82, 2.24) is 10.3 Å². The molecule has 1 aromatic carbocycles. The zero-order valence-electron chi connectivity index (χ0n) is 11.2. The number of aromatic nitrogens is 1. The van der Waals surface area contributed by atoms with Crippen molar-refractivity contribution in [2.75, 3.05) is 6.26 Å². The Morgan fingerprint density at radius 1 is 1.30 bits per heavy atom. The van der Waals surface area contributed by atoms with Gasteiger partial charge in [-0.3, -0.25) is 0 Å². The maximum Gasteiger partial charge on any atom is 0.208 e. The molecule has 6 heteroatoms. The second kappa shape index (κ2) is 5.03. The van der Waals surface area contributed by atoms with E-state index in [4.69, 9.17) is 4.42 Å². The van der Waals surface area contributed by atoms with Crippen LogP contribution in [0.3, 0.4) is 0 Å². The molecule has 0 aliphatic heterocycles. The molecule has 0 saturated heterocycles. The fraction of sp³-hybridized carbons (Fsp3) is 0.357. The minimum atomic E-state index is -3.16. The molecule has 106 valence electrons. The summed E-state index contributed by atoms with van der Waals surface area (Å²) in [5, 5.41) is 3.33. The lowest BCUT2D eigenvalue weighted by atomic mass is 10.2. The summed E-state index contributed by atoms with van der Waals surface area (Å²) in [7, 11) is -3.16. The average molecular weight is 292 g/mol. The van der Waals surface area contributed by atoms with Crippen LogP contribution in [0.15, 0.2) is 39.8 Å². The highest BCUT2D eigenvalue weighted by Crippen LogP contribution is 2.23. The Labute approximate surface area is 117 Å². The van der Waals surface area contributed by atoms with Crippen molar-refractivity contribution in [2.24, 2.45) is 0 Å². The van der Waals surface area contributed by atoms with Gasteiger partial charge in [0.05, 0.1) is 17.6 Å². The topological polar surface area (TPSA) is 72.2 Å². The van der Waals surface area contributed by atoms with Crippen molar-refractivity contribution < 1.29 is 12.8 Å². The van der Waals surface area contributed by atoms with E-state index in [0.717, 1.165) is 5.56 Å². The number of benzene rings is 1. The third-order valence-corrected chi connectivity index (χ3v) is 4.37. The Bertz CT molecular complexity index is 700. The molecule has 0 spiro atoms. The quantitative estimate of drug-likeness (QED) is 0.912.